The molecule has 1 aliphatic heterocycles. The van der Waals surface area contributed by atoms with Crippen LogP contribution in [0.1, 0.15) is 31.6 Å². The van der Waals surface area contributed by atoms with Crippen LogP contribution in [0.5, 0.6) is 5.75 Å². The van der Waals surface area contributed by atoms with Gasteiger partial charge in [0, 0.05) is 7.05 Å². The Bertz CT molecular complexity index is 794. The van der Waals surface area contributed by atoms with Crippen molar-refractivity contribution in [3.63, 3.8) is 0 Å². The Kier molecular flexibility index (Phi) is 3.98. The highest BCUT2D eigenvalue weighted by Crippen LogP contribution is 2.34. The number of aryl methyl sites for hydroxylation is 1. The number of rotatable bonds is 4. The Morgan fingerprint density at radius 2 is 2.04 bits per heavy atom. The summed E-state index contributed by atoms with van der Waals surface area (Å²) in [5.41, 5.74) is 0.737. The Morgan fingerprint density at radius 1 is 1.26 bits per heavy atom. The zero-order chi connectivity index (χ0) is 16.7. The van der Waals surface area contributed by atoms with E-state index in [9.17, 15) is 8.42 Å². The van der Waals surface area contributed by atoms with Gasteiger partial charge < -0.3 is 9.15 Å². The fourth-order valence-electron chi connectivity index (χ4n) is 2.68. The molecule has 0 fully saturated rings. The topological polar surface area (TPSA) is 59.8 Å². The van der Waals surface area contributed by atoms with Crippen molar-refractivity contribution in [2.24, 2.45) is 0 Å². The number of hydrogen-bond acceptors (Lipinski definition) is 4. The predicted molar refractivity (Wildman–Crippen MR) is 86.8 cm³/mol. The van der Waals surface area contributed by atoms with Gasteiger partial charge in [-0.1, -0.05) is 0 Å². The van der Waals surface area contributed by atoms with Crippen LogP contribution in [0.25, 0.3) is 0 Å². The van der Waals surface area contributed by atoms with Crippen LogP contribution in [0.15, 0.2) is 45.9 Å². The lowest BCUT2D eigenvalue weighted by Crippen LogP contribution is -2.33. The van der Waals surface area contributed by atoms with Gasteiger partial charge >= 0.3 is 0 Å². The van der Waals surface area contributed by atoms with Gasteiger partial charge in [0.15, 0.2) is 0 Å². The fraction of sp³-hybridized carbons (Fsp3) is 0.412. The quantitative estimate of drug-likeness (QED) is 0.861. The zero-order valence-corrected chi connectivity index (χ0v) is 14.4. The normalized spacial score (nSPS) is 16.9. The van der Waals surface area contributed by atoms with Crippen LogP contribution < -0.4 is 4.74 Å². The molecule has 1 aromatic heterocycles. The number of sulfonamides is 1. The second-order valence-corrected chi connectivity index (χ2v) is 8.52. The van der Waals surface area contributed by atoms with Crippen LogP contribution in [0.3, 0.4) is 0 Å². The summed E-state index contributed by atoms with van der Waals surface area (Å²) in [7, 11) is -2.01. The van der Waals surface area contributed by atoms with Gasteiger partial charge in [0.05, 0.1) is 17.7 Å². The maximum absolute atomic E-state index is 12.7. The monoisotopic (exact) mass is 335 g/mol. The first kappa shape index (κ1) is 16.1. The van der Waals surface area contributed by atoms with Crippen LogP contribution in [-0.2, 0) is 23.0 Å². The number of ether oxygens (including phenoxy) is 1. The molecule has 23 heavy (non-hydrogen) atoms. The first-order valence-corrected chi connectivity index (χ1v) is 9.03. The summed E-state index contributed by atoms with van der Waals surface area (Å²) < 4.78 is 37.9. The van der Waals surface area contributed by atoms with Gasteiger partial charge in [0.1, 0.15) is 17.1 Å². The molecular formula is C17H21NO4S. The van der Waals surface area contributed by atoms with Gasteiger partial charge in [-0.15, -0.1) is 0 Å². The summed E-state index contributed by atoms with van der Waals surface area (Å²) in [6, 6.07) is 8.58. The molecule has 0 bridgehead atoms. The summed E-state index contributed by atoms with van der Waals surface area (Å²) in [5, 5.41) is 0. The first-order chi connectivity index (χ1) is 10.8. The SMILES string of the molecule is CN(Cc1ccco1)S(=O)(=O)c1ccc2c(c1)CCC(C)(C)O2. The molecule has 124 valence electrons. The molecule has 0 saturated heterocycles. The Hall–Kier alpha value is -1.79. The van der Waals surface area contributed by atoms with Crippen molar-refractivity contribution in [3.05, 3.63) is 47.9 Å². The lowest BCUT2D eigenvalue weighted by atomic mass is 9.94. The molecule has 0 atom stereocenters. The Morgan fingerprint density at radius 3 is 2.74 bits per heavy atom. The maximum Gasteiger partial charge on any atom is 0.243 e. The number of furan rings is 1. The lowest BCUT2D eigenvalue weighted by Gasteiger charge is -2.32. The van der Waals surface area contributed by atoms with E-state index in [1.807, 2.05) is 13.8 Å². The highest BCUT2D eigenvalue weighted by Gasteiger charge is 2.29. The Balaban J connectivity index is 1.86. The van der Waals surface area contributed by atoms with Gasteiger partial charge in [-0.05, 0) is 62.6 Å². The summed E-state index contributed by atoms with van der Waals surface area (Å²) >= 11 is 0. The van der Waals surface area contributed by atoms with Gasteiger partial charge in [-0.2, -0.15) is 4.31 Å². The third kappa shape index (κ3) is 3.28. The van der Waals surface area contributed by atoms with Gasteiger partial charge in [0.25, 0.3) is 0 Å². The molecule has 0 radical (unpaired) electrons. The van der Waals surface area contributed by atoms with E-state index in [0.717, 1.165) is 24.2 Å². The van der Waals surface area contributed by atoms with Crippen molar-refractivity contribution in [1.82, 2.24) is 4.31 Å². The van der Waals surface area contributed by atoms with E-state index in [4.69, 9.17) is 9.15 Å². The minimum absolute atomic E-state index is 0.204. The minimum Gasteiger partial charge on any atom is -0.488 e. The van der Waals surface area contributed by atoms with Crippen LogP contribution in [0.2, 0.25) is 0 Å². The molecule has 0 aliphatic carbocycles. The van der Waals surface area contributed by atoms with Crippen molar-refractivity contribution in [1.29, 1.82) is 0 Å². The van der Waals surface area contributed by atoms with E-state index in [-0.39, 0.29) is 17.0 Å². The second kappa shape index (κ2) is 5.69. The first-order valence-electron chi connectivity index (χ1n) is 7.59. The molecule has 1 aromatic carbocycles. The third-order valence-corrected chi connectivity index (χ3v) is 5.88. The summed E-state index contributed by atoms with van der Waals surface area (Å²) in [4.78, 5) is 0.286. The minimum atomic E-state index is -3.56. The molecule has 0 amide bonds. The van der Waals surface area contributed by atoms with E-state index in [1.54, 1.807) is 37.4 Å². The fourth-order valence-corrected chi connectivity index (χ4v) is 3.87. The highest BCUT2D eigenvalue weighted by atomic mass is 32.2. The molecular weight excluding hydrogens is 314 g/mol. The molecule has 3 rings (SSSR count). The largest absolute Gasteiger partial charge is 0.488 e. The standard InChI is InChI=1S/C17H21NO4S/c1-17(2)9-8-13-11-15(6-7-16(13)22-17)23(19,20)18(3)12-14-5-4-10-21-14/h4-7,10-11H,8-9,12H2,1-3H3. The molecule has 6 heteroatoms. The number of nitrogens with zero attached hydrogens (tertiary/aromatic N) is 1. The number of benzene rings is 1. The predicted octanol–water partition coefficient (Wildman–Crippen LogP) is 3.20. The number of hydrogen-bond donors (Lipinski definition) is 0. The lowest BCUT2D eigenvalue weighted by molar-refractivity contribution is 0.0845. The molecule has 0 saturated carbocycles. The molecule has 2 aromatic rings. The van der Waals surface area contributed by atoms with Crippen molar-refractivity contribution < 1.29 is 17.6 Å². The average molecular weight is 335 g/mol. The summed E-state index contributed by atoms with van der Waals surface area (Å²) in [6.07, 6.45) is 3.22. The van der Waals surface area contributed by atoms with E-state index in [0.29, 0.717) is 5.76 Å². The number of fused-ring (bicyclic) bond motifs is 1. The molecule has 0 unspecified atom stereocenters. The van der Waals surface area contributed by atoms with Crippen LogP contribution in [0, 0.1) is 0 Å². The smallest absolute Gasteiger partial charge is 0.243 e. The molecule has 0 N–H and O–H groups in total. The molecule has 0 spiro atoms. The zero-order valence-electron chi connectivity index (χ0n) is 13.6. The average Bonchev–Trinajstić information content (AvgIpc) is 2.98. The van der Waals surface area contributed by atoms with E-state index in [2.05, 4.69) is 0 Å². The Labute approximate surface area is 136 Å². The molecule has 1 aliphatic rings. The third-order valence-electron chi connectivity index (χ3n) is 4.08. The van der Waals surface area contributed by atoms with Crippen molar-refractivity contribution in [2.75, 3.05) is 7.05 Å². The van der Waals surface area contributed by atoms with Gasteiger partial charge in [-0.25, -0.2) is 8.42 Å². The van der Waals surface area contributed by atoms with E-state index in [1.165, 1.54) is 10.6 Å². The second-order valence-electron chi connectivity index (χ2n) is 6.47. The van der Waals surface area contributed by atoms with Gasteiger partial charge in [-0.3, -0.25) is 0 Å². The van der Waals surface area contributed by atoms with Crippen LogP contribution >= 0.6 is 0 Å². The van der Waals surface area contributed by atoms with Crippen LogP contribution in [-0.4, -0.2) is 25.4 Å². The maximum atomic E-state index is 12.7. The summed E-state index contributed by atoms with van der Waals surface area (Å²) in [5.74, 6) is 1.38. The summed E-state index contributed by atoms with van der Waals surface area (Å²) in [6.45, 7) is 4.28. The highest BCUT2D eigenvalue weighted by molar-refractivity contribution is 7.89. The van der Waals surface area contributed by atoms with E-state index < -0.39 is 10.0 Å². The van der Waals surface area contributed by atoms with Gasteiger partial charge in [0.2, 0.25) is 10.0 Å². The van der Waals surface area contributed by atoms with Crippen molar-refractivity contribution in [2.45, 2.75) is 43.7 Å². The van der Waals surface area contributed by atoms with Crippen LogP contribution in [0.4, 0.5) is 0 Å². The molecule has 5 nitrogen and oxygen atoms in total. The van der Waals surface area contributed by atoms with E-state index >= 15 is 0 Å². The van der Waals surface area contributed by atoms with Crippen molar-refractivity contribution >= 4 is 10.0 Å². The van der Waals surface area contributed by atoms with Crippen molar-refractivity contribution in [3.8, 4) is 5.75 Å². The molecule has 2 heterocycles.